The third-order valence-electron chi connectivity index (χ3n) is 4.51. The van der Waals surface area contributed by atoms with Crippen LogP contribution in [0.15, 0.2) is 24.3 Å². The minimum Gasteiger partial charge on any atom is -0.496 e. The van der Waals surface area contributed by atoms with Crippen molar-refractivity contribution >= 4 is 0 Å². The molecule has 1 N–H and O–H groups in total. The van der Waals surface area contributed by atoms with E-state index in [0.717, 1.165) is 5.75 Å². The highest BCUT2D eigenvalue weighted by molar-refractivity contribution is 5.35. The molecule has 1 unspecified atom stereocenters. The molecule has 0 spiro atoms. The lowest BCUT2D eigenvalue weighted by Gasteiger charge is -2.34. The van der Waals surface area contributed by atoms with Gasteiger partial charge in [0.25, 0.3) is 0 Å². The summed E-state index contributed by atoms with van der Waals surface area (Å²) >= 11 is 0. The first-order chi connectivity index (χ1) is 10.2. The van der Waals surface area contributed by atoms with Crippen molar-refractivity contribution in [3.05, 3.63) is 29.8 Å². The van der Waals surface area contributed by atoms with Gasteiger partial charge in [0, 0.05) is 17.6 Å². The number of rotatable bonds is 7. The van der Waals surface area contributed by atoms with Gasteiger partial charge in [-0.3, -0.25) is 0 Å². The van der Waals surface area contributed by atoms with Crippen LogP contribution in [-0.2, 0) is 0 Å². The van der Waals surface area contributed by atoms with E-state index >= 15 is 0 Å². The lowest BCUT2D eigenvalue weighted by Crippen LogP contribution is -2.43. The van der Waals surface area contributed by atoms with Crippen LogP contribution in [0.25, 0.3) is 0 Å². The molecule has 1 aromatic carbocycles. The summed E-state index contributed by atoms with van der Waals surface area (Å²) in [6.45, 7) is 8.24. The van der Waals surface area contributed by atoms with E-state index in [1.807, 2.05) is 12.1 Å². The molecule has 3 nitrogen and oxygen atoms in total. The second-order valence-electron chi connectivity index (χ2n) is 6.10. The number of benzene rings is 1. The normalized spacial score (nSPS) is 18.6. The SMILES string of the molecule is CCCCN1CCC(NC(C)c2ccccc2OC)CC1. The lowest BCUT2D eigenvalue weighted by atomic mass is 10.0. The minimum atomic E-state index is 0.341. The maximum atomic E-state index is 5.47. The molecule has 1 saturated heterocycles. The molecule has 1 fully saturated rings. The van der Waals surface area contributed by atoms with Crippen LogP contribution in [0.2, 0.25) is 0 Å². The van der Waals surface area contributed by atoms with Crippen LogP contribution < -0.4 is 10.1 Å². The lowest BCUT2D eigenvalue weighted by molar-refractivity contribution is 0.189. The van der Waals surface area contributed by atoms with Crippen molar-refractivity contribution in [1.82, 2.24) is 10.2 Å². The summed E-state index contributed by atoms with van der Waals surface area (Å²) in [5.74, 6) is 0.984. The predicted octanol–water partition coefficient (Wildman–Crippen LogP) is 3.61. The number of piperidine rings is 1. The second-order valence-corrected chi connectivity index (χ2v) is 6.10. The molecule has 0 aromatic heterocycles. The topological polar surface area (TPSA) is 24.5 Å². The molecule has 1 aromatic rings. The van der Waals surface area contributed by atoms with E-state index in [1.54, 1.807) is 7.11 Å². The molecule has 1 atom stereocenters. The van der Waals surface area contributed by atoms with Crippen LogP contribution in [0.5, 0.6) is 5.75 Å². The molecule has 1 aliphatic rings. The Balaban J connectivity index is 1.83. The van der Waals surface area contributed by atoms with Crippen LogP contribution >= 0.6 is 0 Å². The number of para-hydroxylation sites is 1. The van der Waals surface area contributed by atoms with Crippen LogP contribution in [-0.4, -0.2) is 37.7 Å². The zero-order valence-electron chi connectivity index (χ0n) is 13.8. The summed E-state index contributed by atoms with van der Waals surface area (Å²) in [6, 6.07) is 9.29. The highest BCUT2D eigenvalue weighted by Gasteiger charge is 2.21. The third kappa shape index (κ3) is 4.72. The van der Waals surface area contributed by atoms with Crippen LogP contribution in [0.1, 0.15) is 51.1 Å². The summed E-state index contributed by atoms with van der Waals surface area (Å²) in [5.41, 5.74) is 1.26. The minimum absolute atomic E-state index is 0.341. The molecular formula is C18H30N2O. The highest BCUT2D eigenvalue weighted by Crippen LogP contribution is 2.25. The molecule has 0 saturated carbocycles. The van der Waals surface area contributed by atoms with Crippen molar-refractivity contribution in [2.24, 2.45) is 0 Å². The zero-order valence-corrected chi connectivity index (χ0v) is 13.8. The Kier molecular flexibility index (Phi) is 6.52. The Morgan fingerprint density at radius 2 is 2.00 bits per heavy atom. The molecule has 118 valence electrons. The Morgan fingerprint density at radius 3 is 2.67 bits per heavy atom. The van der Waals surface area contributed by atoms with Gasteiger partial charge in [-0.25, -0.2) is 0 Å². The van der Waals surface area contributed by atoms with E-state index < -0.39 is 0 Å². The van der Waals surface area contributed by atoms with Gasteiger partial charge in [0.1, 0.15) is 5.75 Å². The predicted molar refractivity (Wildman–Crippen MR) is 88.9 cm³/mol. The quantitative estimate of drug-likeness (QED) is 0.830. The Hall–Kier alpha value is -1.06. The largest absolute Gasteiger partial charge is 0.496 e. The van der Waals surface area contributed by atoms with Crippen molar-refractivity contribution in [1.29, 1.82) is 0 Å². The van der Waals surface area contributed by atoms with Gasteiger partial charge in [-0.15, -0.1) is 0 Å². The summed E-state index contributed by atoms with van der Waals surface area (Å²) < 4.78 is 5.47. The fourth-order valence-corrected chi connectivity index (χ4v) is 3.17. The molecule has 2 rings (SSSR count). The maximum absolute atomic E-state index is 5.47. The summed E-state index contributed by atoms with van der Waals surface area (Å²) in [5, 5.41) is 3.78. The number of methoxy groups -OCH3 is 1. The maximum Gasteiger partial charge on any atom is 0.123 e. The van der Waals surface area contributed by atoms with Crippen molar-refractivity contribution in [3.8, 4) is 5.75 Å². The van der Waals surface area contributed by atoms with E-state index in [9.17, 15) is 0 Å². The van der Waals surface area contributed by atoms with Crippen molar-refractivity contribution in [2.45, 2.75) is 51.6 Å². The average Bonchev–Trinajstić information content (AvgIpc) is 2.54. The number of unbranched alkanes of at least 4 members (excludes halogenated alkanes) is 1. The fraction of sp³-hybridized carbons (Fsp3) is 0.667. The Labute approximate surface area is 129 Å². The van der Waals surface area contributed by atoms with E-state index in [1.165, 1.54) is 50.9 Å². The molecule has 1 aliphatic heterocycles. The molecule has 21 heavy (non-hydrogen) atoms. The number of hydrogen-bond donors (Lipinski definition) is 1. The van der Waals surface area contributed by atoms with Crippen LogP contribution in [0.3, 0.4) is 0 Å². The first kappa shape index (κ1) is 16.3. The van der Waals surface area contributed by atoms with E-state index in [-0.39, 0.29) is 0 Å². The van der Waals surface area contributed by atoms with Crippen LogP contribution in [0, 0.1) is 0 Å². The second kappa shape index (κ2) is 8.40. The molecular weight excluding hydrogens is 260 g/mol. The molecule has 0 bridgehead atoms. The van der Waals surface area contributed by atoms with E-state index in [4.69, 9.17) is 4.74 Å². The number of hydrogen-bond acceptors (Lipinski definition) is 3. The van der Waals surface area contributed by atoms with Gasteiger partial charge in [0.2, 0.25) is 0 Å². The van der Waals surface area contributed by atoms with Crippen molar-refractivity contribution in [3.63, 3.8) is 0 Å². The number of nitrogens with zero attached hydrogens (tertiary/aromatic N) is 1. The van der Waals surface area contributed by atoms with Gasteiger partial charge in [-0.1, -0.05) is 31.5 Å². The standard InChI is InChI=1S/C18H30N2O/c1-4-5-12-20-13-10-16(11-14-20)19-15(2)17-8-6-7-9-18(17)21-3/h6-9,15-16,19H,4-5,10-14H2,1-3H3. The van der Waals surface area contributed by atoms with Gasteiger partial charge in [-0.05, 0) is 51.9 Å². The molecule has 1 heterocycles. The smallest absolute Gasteiger partial charge is 0.123 e. The van der Waals surface area contributed by atoms with Gasteiger partial charge >= 0.3 is 0 Å². The number of likely N-dealkylation sites (tertiary alicyclic amines) is 1. The number of nitrogens with one attached hydrogen (secondary N) is 1. The summed E-state index contributed by atoms with van der Waals surface area (Å²) in [7, 11) is 1.75. The van der Waals surface area contributed by atoms with Gasteiger partial charge in [0.05, 0.1) is 7.11 Å². The first-order valence-electron chi connectivity index (χ1n) is 8.36. The fourth-order valence-electron chi connectivity index (χ4n) is 3.17. The van der Waals surface area contributed by atoms with E-state index in [2.05, 4.69) is 36.2 Å². The van der Waals surface area contributed by atoms with Gasteiger partial charge in [0.15, 0.2) is 0 Å². The molecule has 0 radical (unpaired) electrons. The van der Waals surface area contributed by atoms with Crippen molar-refractivity contribution in [2.75, 3.05) is 26.7 Å². The third-order valence-corrected chi connectivity index (χ3v) is 4.51. The highest BCUT2D eigenvalue weighted by atomic mass is 16.5. The zero-order chi connectivity index (χ0) is 15.1. The van der Waals surface area contributed by atoms with Crippen molar-refractivity contribution < 1.29 is 4.74 Å². The van der Waals surface area contributed by atoms with Crippen LogP contribution in [0.4, 0.5) is 0 Å². The average molecular weight is 290 g/mol. The molecule has 3 heteroatoms. The Bertz CT molecular complexity index is 413. The Morgan fingerprint density at radius 1 is 1.29 bits per heavy atom. The van der Waals surface area contributed by atoms with Gasteiger partial charge < -0.3 is 15.0 Å². The van der Waals surface area contributed by atoms with Gasteiger partial charge in [-0.2, -0.15) is 0 Å². The first-order valence-corrected chi connectivity index (χ1v) is 8.36. The molecule has 0 aliphatic carbocycles. The summed E-state index contributed by atoms with van der Waals surface area (Å²) in [6.07, 6.45) is 5.13. The number of ether oxygens (including phenoxy) is 1. The monoisotopic (exact) mass is 290 g/mol. The summed E-state index contributed by atoms with van der Waals surface area (Å²) in [4.78, 5) is 2.61. The van der Waals surface area contributed by atoms with E-state index in [0.29, 0.717) is 12.1 Å². The molecule has 0 amide bonds.